The molecule has 0 aromatic heterocycles. The number of nitrogens with one attached hydrogen (secondary N) is 2. The van der Waals surface area contributed by atoms with Gasteiger partial charge in [0.25, 0.3) is 11.8 Å². The van der Waals surface area contributed by atoms with Crippen LogP contribution in [0.2, 0.25) is 0 Å². The largest absolute Gasteiger partial charge is 0.494 e. The van der Waals surface area contributed by atoms with E-state index >= 15 is 0 Å². The smallest absolute Gasteiger partial charge is 0.269 e. The molecule has 5 nitrogen and oxygen atoms in total. The predicted molar refractivity (Wildman–Crippen MR) is 93.0 cm³/mol. The summed E-state index contributed by atoms with van der Waals surface area (Å²) >= 11 is 0. The number of hydrogen-bond acceptors (Lipinski definition) is 3. The van der Waals surface area contributed by atoms with Gasteiger partial charge in [-0.2, -0.15) is 0 Å². The molecule has 2 rings (SSSR count). The Morgan fingerprint density at radius 1 is 1.00 bits per heavy atom. The van der Waals surface area contributed by atoms with Gasteiger partial charge in [0, 0.05) is 11.1 Å². The van der Waals surface area contributed by atoms with Gasteiger partial charge in [-0.05, 0) is 43.2 Å². The fourth-order valence-corrected chi connectivity index (χ4v) is 2.14. The highest BCUT2D eigenvalue weighted by molar-refractivity contribution is 5.99. The van der Waals surface area contributed by atoms with Gasteiger partial charge in [-0.15, -0.1) is 0 Å². The molecule has 5 heteroatoms. The summed E-state index contributed by atoms with van der Waals surface area (Å²) in [5.41, 5.74) is 6.65. The second kappa shape index (κ2) is 8.72. The summed E-state index contributed by atoms with van der Waals surface area (Å²) in [6, 6.07) is 14.1. The molecule has 0 spiro atoms. The van der Waals surface area contributed by atoms with Crippen LogP contribution in [0.25, 0.3) is 0 Å². The minimum absolute atomic E-state index is 0.350. The van der Waals surface area contributed by atoms with Crippen molar-refractivity contribution in [3.05, 3.63) is 65.2 Å². The van der Waals surface area contributed by atoms with E-state index in [1.807, 2.05) is 19.1 Å². The van der Waals surface area contributed by atoms with Crippen LogP contribution in [-0.4, -0.2) is 18.4 Å². The van der Waals surface area contributed by atoms with Gasteiger partial charge < -0.3 is 4.74 Å². The Morgan fingerprint density at radius 3 is 2.50 bits per heavy atom. The zero-order chi connectivity index (χ0) is 17.4. The Hall–Kier alpha value is -2.82. The molecule has 2 N–H and O–H groups in total. The van der Waals surface area contributed by atoms with E-state index in [0.717, 1.165) is 18.4 Å². The lowest BCUT2D eigenvalue weighted by molar-refractivity contribution is 0.0846. The second-order valence-corrected chi connectivity index (χ2v) is 5.45. The molecule has 0 fully saturated rings. The summed E-state index contributed by atoms with van der Waals surface area (Å²) in [7, 11) is 0. The van der Waals surface area contributed by atoms with Crippen molar-refractivity contribution in [1.29, 1.82) is 0 Å². The van der Waals surface area contributed by atoms with Gasteiger partial charge in [-0.25, -0.2) is 0 Å². The van der Waals surface area contributed by atoms with Crippen LogP contribution in [0.3, 0.4) is 0 Å². The molecule has 0 radical (unpaired) electrons. The van der Waals surface area contributed by atoms with Crippen LogP contribution in [0.1, 0.15) is 46.0 Å². The van der Waals surface area contributed by atoms with Crippen molar-refractivity contribution in [1.82, 2.24) is 10.9 Å². The third-order valence-corrected chi connectivity index (χ3v) is 3.54. The number of rotatable bonds is 6. The summed E-state index contributed by atoms with van der Waals surface area (Å²) in [5, 5.41) is 0. The summed E-state index contributed by atoms with van der Waals surface area (Å²) in [4.78, 5) is 24.3. The Labute approximate surface area is 142 Å². The summed E-state index contributed by atoms with van der Waals surface area (Å²) in [6.45, 7) is 4.55. The fraction of sp³-hybridized carbons (Fsp3) is 0.263. The van der Waals surface area contributed by atoms with Crippen LogP contribution in [0, 0.1) is 6.92 Å². The Balaban J connectivity index is 1.94. The average Bonchev–Trinajstić information content (AvgIpc) is 2.60. The molecule has 0 aliphatic rings. The van der Waals surface area contributed by atoms with E-state index in [2.05, 4.69) is 17.8 Å². The highest BCUT2D eigenvalue weighted by atomic mass is 16.5. The molecular formula is C19H22N2O3. The molecular weight excluding hydrogens is 304 g/mol. The average molecular weight is 326 g/mol. The lowest BCUT2D eigenvalue weighted by Gasteiger charge is -2.10. The number of carbonyl (C=O) groups is 2. The van der Waals surface area contributed by atoms with E-state index in [9.17, 15) is 9.59 Å². The maximum Gasteiger partial charge on any atom is 0.269 e. The van der Waals surface area contributed by atoms with Crippen molar-refractivity contribution in [2.24, 2.45) is 0 Å². The number of carbonyl (C=O) groups excluding carboxylic acids is 2. The molecule has 0 bridgehead atoms. The third-order valence-electron chi connectivity index (χ3n) is 3.54. The monoisotopic (exact) mass is 326 g/mol. The van der Waals surface area contributed by atoms with Crippen molar-refractivity contribution in [3.63, 3.8) is 0 Å². The summed E-state index contributed by atoms with van der Waals surface area (Å²) in [6.07, 6.45) is 2.01. The minimum Gasteiger partial charge on any atom is -0.494 e. The SMILES string of the molecule is CCCCOc1cccc(C(=O)NNC(=O)c2ccccc2C)c1. The van der Waals surface area contributed by atoms with E-state index in [1.54, 1.807) is 36.4 Å². The van der Waals surface area contributed by atoms with Gasteiger partial charge in [-0.3, -0.25) is 20.4 Å². The number of amides is 2. The van der Waals surface area contributed by atoms with Crippen molar-refractivity contribution < 1.29 is 14.3 Å². The van der Waals surface area contributed by atoms with Crippen molar-refractivity contribution in [2.45, 2.75) is 26.7 Å². The molecule has 2 aromatic rings. The Kier molecular flexibility index (Phi) is 6.37. The van der Waals surface area contributed by atoms with Crippen LogP contribution in [0.4, 0.5) is 0 Å². The van der Waals surface area contributed by atoms with Crippen LogP contribution in [0.5, 0.6) is 5.75 Å². The van der Waals surface area contributed by atoms with Gasteiger partial charge in [0.1, 0.15) is 5.75 Å². The summed E-state index contributed by atoms with van der Waals surface area (Å²) in [5.74, 6) is -0.101. The first-order chi connectivity index (χ1) is 11.6. The van der Waals surface area contributed by atoms with Gasteiger partial charge >= 0.3 is 0 Å². The first-order valence-electron chi connectivity index (χ1n) is 8.01. The van der Waals surface area contributed by atoms with Crippen LogP contribution in [-0.2, 0) is 0 Å². The van der Waals surface area contributed by atoms with Crippen LogP contribution < -0.4 is 15.6 Å². The molecule has 0 atom stereocenters. The third kappa shape index (κ3) is 4.84. The number of aryl methyl sites for hydroxylation is 1. The molecule has 2 amide bonds. The lowest BCUT2D eigenvalue weighted by atomic mass is 10.1. The molecule has 24 heavy (non-hydrogen) atoms. The minimum atomic E-state index is -0.391. The normalized spacial score (nSPS) is 10.1. The quantitative estimate of drug-likeness (QED) is 0.632. The number of unbranched alkanes of at least 4 members (excludes halogenated alkanes) is 1. The van der Waals surface area contributed by atoms with Crippen molar-refractivity contribution in [2.75, 3.05) is 6.61 Å². The predicted octanol–water partition coefficient (Wildman–Crippen LogP) is 3.25. The highest BCUT2D eigenvalue weighted by Gasteiger charge is 2.11. The summed E-state index contributed by atoms with van der Waals surface area (Å²) < 4.78 is 5.58. The first kappa shape index (κ1) is 17.5. The van der Waals surface area contributed by atoms with E-state index in [-0.39, 0.29) is 5.91 Å². The zero-order valence-electron chi connectivity index (χ0n) is 14.0. The molecule has 0 heterocycles. The maximum absolute atomic E-state index is 12.2. The first-order valence-corrected chi connectivity index (χ1v) is 8.01. The second-order valence-electron chi connectivity index (χ2n) is 5.45. The molecule has 0 aliphatic carbocycles. The Bertz CT molecular complexity index is 713. The number of hydrogen-bond donors (Lipinski definition) is 2. The van der Waals surface area contributed by atoms with Gasteiger partial charge in [0.05, 0.1) is 6.61 Å². The van der Waals surface area contributed by atoms with Gasteiger partial charge in [0.2, 0.25) is 0 Å². The van der Waals surface area contributed by atoms with E-state index in [1.165, 1.54) is 0 Å². The fourth-order valence-electron chi connectivity index (χ4n) is 2.14. The van der Waals surface area contributed by atoms with Gasteiger partial charge in [0.15, 0.2) is 0 Å². The highest BCUT2D eigenvalue weighted by Crippen LogP contribution is 2.13. The standard InChI is InChI=1S/C19H22N2O3/c1-3-4-12-24-16-10-7-9-15(13-16)18(22)20-21-19(23)17-11-6-5-8-14(17)2/h5-11,13H,3-4,12H2,1-2H3,(H,20,22)(H,21,23). The molecule has 0 saturated carbocycles. The number of benzene rings is 2. The Morgan fingerprint density at radius 2 is 1.75 bits per heavy atom. The van der Waals surface area contributed by atoms with Gasteiger partial charge in [-0.1, -0.05) is 37.6 Å². The molecule has 2 aromatic carbocycles. The van der Waals surface area contributed by atoms with Crippen molar-refractivity contribution >= 4 is 11.8 Å². The zero-order valence-corrected chi connectivity index (χ0v) is 14.0. The van der Waals surface area contributed by atoms with E-state index < -0.39 is 5.91 Å². The molecule has 0 unspecified atom stereocenters. The molecule has 0 aliphatic heterocycles. The maximum atomic E-state index is 12.2. The number of ether oxygens (including phenoxy) is 1. The topological polar surface area (TPSA) is 67.4 Å². The van der Waals surface area contributed by atoms with E-state index in [4.69, 9.17) is 4.74 Å². The van der Waals surface area contributed by atoms with Crippen molar-refractivity contribution in [3.8, 4) is 5.75 Å². The van der Waals surface area contributed by atoms with E-state index in [0.29, 0.717) is 23.5 Å². The van der Waals surface area contributed by atoms with Crippen LogP contribution >= 0.6 is 0 Å². The lowest BCUT2D eigenvalue weighted by Crippen LogP contribution is -2.41. The van der Waals surface area contributed by atoms with Crippen LogP contribution in [0.15, 0.2) is 48.5 Å². The molecule has 0 saturated heterocycles. The molecule has 126 valence electrons. The number of hydrazine groups is 1.